The number of ether oxygens (including phenoxy) is 1. The van der Waals surface area contributed by atoms with E-state index in [-0.39, 0.29) is 5.91 Å². The maximum absolute atomic E-state index is 11.8. The standard InChI is InChI=1S/C16H23NO2S/c1-19-14-7-9-15(10-8-14)20-12-16(18)17-11-13-5-3-2-4-6-13/h7-10,13H,2-6,11-12H2,1H3,(H,17,18). The van der Waals surface area contributed by atoms with Crippen molar-refractivity contribution in [1.29, 1.82) is 0 Å². The van der Waals surface area contributed by atoms with Gasteiger partial charge in [-0.05, 0) is 43.0 Å². The summed E-state index contributed by atoms with van der Waals surface area (Å²) in [6.45, 7) is 0.849. The average molecular weight is 293 g/mol. The second-order valence-electron chi connectivity index (χ2n) is 5.27. The summed E-state index contributed by atoms with van der Waals surface area (Å²) < 4.78 is 5.11. The summed E-state index contributed by atoms with van der Waals surface area (Å²) in [4.78, 5) is 12.9. The van der Waals surface area contributed by atoms with Crippen LogP contribution in [0.15, 0.2) is 29.2 Å². The first kappa shape index (κ1) is 15.2. The van der Waals surface area contributed by atoms with Gasteiger partial charge in [-0.1, -0.05) is 19.3 Å². The van der Waals surface area contributed by atoms with Gasteiger partial charge < -0.3 is 10.1 Å². The Morgan fingerprint density at radius 2 is 1.95 bits per heavy atom. The van der Waals surface area contributed by atoms with Gasteiger partial charge in [-0.25, -0.2) is 0 Å². The highest BCUT2D eigenvalue weighted by atomic mass is 32.2. The molecule has 1 saturated carbocycles. The quantitative estimate of drug-likeness (QED) is 0.816. The zero-order valence-electron chi connectivity index (χ0n) is 12.1. The molecule has 20 heavy (non-hydrogen) atoms. The number of amides is 1. The third-order valence-corrected chi connectivity index (χ3v) is 4.75. The third kappa shape index (κ3) is 5.08. The van der Waals surface area contributed by atoms with Crippen LogP contribution in [0.4, 0.5) is 0 Å². The summed E-state index contributed by atoms with van der Waals surface area (Å²) in [7, 11) is 1.65. The van der Waals surface area contributed by atoms with Gasteiger partial charge in [0.2, 0.25) is 5.91 Å². The van der Waals surface area contributed by atoms with E-state index in [4.69, 9.17) is 4.74 Å². The molecule has 0 aromatic heterocycles. The van der Waals surface area contributed by atoms with Crippen LogP contribution in [0.3, 0.4) is 0 Å². The second-order valence-corrected chi connectivity index (χ2v) is 6.32. The van der Waals surface area contributed by atoms with E-state index in [0.717, 1.165) is 17.2 Å². The fourth-order valence-electron chi connectivity index (χ4n) is 2.52. The molecule has 1 N–H and O–H groups in total. The lowest BCUT2D eigenvalue weighted by Crippen LogP contribution is -2.31. The van der Waals surface area contributed by atoms with E-state index >= 15 is 0 Å². The van der Waals surface area contributed by atoms with Crippen LogP contribution < -0.4 is 10.1 Å². The van der Waals surface area contributed by atoms with Crippen molar-refractivity contribution in [3.05, 3.63) is 24.3 Å². The Morgan fingerprint density at radius 1 is 1.25 bits per heavy atom. The van der Waals surface area contributed by atoms with Crippen LogP contribution in [0.25, 0.3) is 0 Å². The monoisotopic (exact) mass is 293 g/mol. The molecule has 0 spiro atoms. The topological polar surface area (TPSA) is 38.3 Å². The molecule has 1 aliphatic carbocycles. The molecule has 4 heteroatoms. The van der Waals surface area contributed by atoms with Crippen LogP contribution in [-0.2, 0) is 4.79 Å². The van der Waals surface area contributed by atoms with Crippen molar-refractivity contribution >= 4 is 17.7 Å². The molecular weight excluding hydrogens is 270 g/mol. The molecule has 0 bridgehead atoms. The number of rotatable bonds is 6. The summed E-state index contributed by atoms with van der Waals surface area (Å²) in [5.41, 5.74) is 0. The van der Waals surface area contributed by atoms with E-state index in [1.54, 1.807) is 18.9 Å². The molecule has 110 valence electrons. The Kier molecular flexibility index (Phi) is 6.25. The predicted octanol–water partition coefficient (Wildman–Crippen LogP) is 3.48. The maximum Gasteiger partial charge on any atom is 0.230 e. The van der Waals surface area contributed by atoms with Gasteiger partial charge >= 0.3 is 0 Å². The molecule has 0 heterocycles. The van der Waals surface area contributed by atoms with Crippen molar-refractivity contribution in [3.63, 3.8) is 0 Å². The molecule has 0 saturated heterocycles. The van der Waals surface area contributed by atoms with Crippen molar-refractivity contribution in [3.8, 4) is 5.75 Å². The van der Waals surface area contributed by atoms with E-state index in [1.807, 2.05) is 24.3 Å². The fraction of sp³-hybridized carbons (Fsp3) is 0.562. The summed E-state index contributed by atoms with van der Waals surface area (Å²) in [6, 6.07) is 7.81. The maximum atomic E-state index is 11.8. The minimum Gasteiger partial charge on any atom is -0.497 e. The lowest BCUT2D eigenvalue weighted by atomic mass is 9.89. The zero-order valence-corrected chi connectivity index (χ0v) is 12.9. The Labute approximate surface area is 125 Å². The number of thioether (sulfide) groups is 1. The highest BCUT2D eigenvalue weighted by Gasteiger charge is 2.14. The summed E-state index contributed by atoms with van der Waals surface area (Å²) in [5, 5.41) is 3.06. The van der Waals surface area contributed by atoms with Crippen molar-refractivity contribution in [1.82, 2.24) is 5.32 Å². The lowest BCUT2D eigenvalue weighted by Gasteiger charge is -2.21. The normalized spacial score (nSPS) is 15.8. The molecule has 3 nitrogen and oxygen atoms in total. The molecule has 1 aromatic carbocycles. The summed E-state index contributed by atoms with van der Waals surface area (Å²) >= 11 is 1.57. The van der Waals surface area contributed by atoms with E-state index in [2.05, 4.69) is 5.32 Å². The van der Waals surface area contributed by atoms with Gasteiger partial charge in [0.1, 0.15) is 5.75 Å². The number of hydrogen-bond donors (Lipinski definition) is 1. The molecule has 0 unspecified atom stereocenters. The number of methoxy groups -OCH3 is 1. The molecule has 1 fully saturated rings. The predicted molar refractivity (Wildman–Crippen MR) is 83.3 cm³/mol. The molecule has 1 aliphatic rings. The molecule has 2 rings (SSSR count). The lowest BCUT2D eigenvalue weighted by molar-refractivity contribution is -0.118. The third-order valence-electron chi connectivity index (χ3n) is 3.74. The van der Waals surface area contributed by atoms with Crippen molar-refractivity contribution in [2.45, 2.75) is 37.0 Å². The van der Waals surface area contributed by atoms with E-state index in [1.165, 1.54) is 32.1 Å². The minimum atomic E-state index is 0.136. The van der Waals surface area contributed by atoms with Gasteiger partial charge in [-0.3, -0.25) is 4.79 Å². The van der Waals surface area contributed by atoms with Crippen molar-refractivity contribution in [2.75, 3.05) is 19.4 Å². The van der Waals surface area contributed by atoms with Crippen LogP contribution in [0, 0.1) is 5.92 Å². The number of carbonyl (C=O) groups is 1. The first-order valence-electron chi connectivity index (χ1n) is 7.31. The first-order valence-corrected chi connectivity index (χ1v) is 8.30. The SMILES string of the molecule is COc1ccc(SCC(=O)NCC2CCCCC2)cc1. The molecule has 0 atom stereocenters. The van der Waals surface area contributed by atoms with E-state index in [9.17, 15) is 4.79 Å². The zero-order chi connectivity index (χ0) is 14.2. The Balaban J connectivity index is 1.66. The number of carbonyl (C=O) groups excluding carboxylic acids is 1. The fourth-order valence-corrected chi connectivity index (χ4v) is 3.25. The van der Waals surface area contributed by atoms with Crippen molar-refractivity contribution in [2.24, 2.45) is 5.92 Å². The van der Waals surface area contributed by atoms with E-state index < -0.39 is 0 Å². The van der Waals surface area contributed by atoms with Gasteiger partial charge in [0, 0.05) is 11.4 Å². The smallest absolute Gasteiger partial charge is 0.230 e. The Morgan fingerprint density at radius 3 is 2.60 bits per heavy atom. The van der Waals surface area contributed by atoms with Crippen LogP contribution in [0.1, 0.15) is 32.1 Å². The molecule has 0 radical (unpaired) electrons. The van der Waals surface area contributed by atoms with Crippen LogP contribution in [0.5, 0.6) is 5.75 Å². The first-order chi connectivity index (χ1) is 9.78. The average Bonchev–Trinajstić information content (AvgIpc) is 2.52. The summed E-state index contributed by atoms with van der Waals surface area (Å²) in [6.07, 6.45) is 6.54. The van der Waals surface area contributed by atoms with Crippen LogP contribution in [-0.4, -0.2) is 25.3 Å². The van der Waals surface area contributed by atoms with Gasteiger partial charge in [0.05, 0.1) is 12.9 Å². The minimum absolute atomic E-state index is 0.136. The highest BCUT2D eigenvalue weighted by Crippen LogP contribution is 2.23. The molecule has 1 amide bonds. The number of hydrogen-bond acceptors (Lipinski definition) is 3. The van der Waals surface area contributed by atoms with Gasteiger partial charge in [-0.2, -0.15) is 0 Å². The largest absolute Gasteiger partial charge is 0.497 e. The Hall–Kier alpha value is -1.16. The van der Waals surface area contributed by atoms with Crippen LogP contribution in [0.2, 0.25) is 0 Å². The number of benzene rings is 1. The summed E-state index contributed by atoms with van der Waals surface area (Å²) in [5.74, 6) is 2.16. The van der Waals surface area contributed by atoms with Gasteiger partial charge in [0.15, 0.2) is 0 Å². The molecular formula is C16H23NO2S. The highest BCUT2D eigenvalue weighted by molar-refractivity contribution is 8.00. The van der Waals surface area contributed by atoms with Crippen LogP contribution >= 0.6 is 11.8 Å². The van der Waals surface area contributed by atoms with E-state index in [0.29, 0.717) is 11.7 Å². The van der Waals surface area contributed by atoms with Crippen molar-refractivity contribution < 1.29 is 9.53 Å². The molecule has 0 aliphatic heterocycles. The van der Waals surface area contributed by atoms with Gasteiger partial charge in [0.25, 0.3) is 0 Å². The second kappa shape index (κ2) is 8.20. The van der Waals surface area contributed by atoms with Gasteiger partial charge in [-0.15, -0.1) is 11.8 Å². The number of nitrogens with one attached hydrogen (secondary N) is 1. The molecule has 1 aromatic rings. The Bertz CT molecular complexity index is 413.